The van der Waals surface area contributed by atoms with E-state index in [-0.39, 0.29) is 5.92 Å². The molecule has 0 aromatic heterocycles. The number of nitriles is 1. The first-order valence-electron chi connectivity index (χ1n) is 5.53. The van der Waals surface area contributed by atoms with E-state index in [4.69, 9.17) is 4.74 Å². The molecule has 2 heteroatoms. The highest BCUT2D eigenvalue weighted by atomic mass is 16.5. The van der Waals surface area contributed by atoms with Gasteiger partial charge < -0.3 is 4.74 Å². The molecule has 0 aliphatic rings. The van der Waals surface area contributed by atoms with Crippen LogP contribution in [0.2, 0.25) is 0 Å². The molecule has 0 aliphatic carbocycles. The Morgan fingerprint density at radius 3 is 2.88 bits per heavy atom. The van der Waals surface area contributed by atoms with Crippen molar-refractivity contribution in [3.8, 4) is 11.8 Å². The monoisotopic (exact) mass is 215 g/mol. The van der Waals surface area contributed by atoms with Crippen LogP contribution in [0.5, 0.6) is 5.75 Å². The SMILES string of the molecule is C=CC(C)c1cccc(OCCC)c1C#N. The lowest BCUT2D eigenvalue weighted by Crippen LogP contribution is -2.01. The zero-order chi connectivity index (χ0) is 12.0. The van der Waals surface area contributed by atoms with Gasteiger partial charge >= 0.3 is 0 Å². The first-order chi connectivity index (χ1) is 7.74. The van der Waals surface area contributed by atoms with Gasteiger partial charge in [-0.2, -0.15) is 5.26 Å². The van der Waals surface area contributed by atoms with E-state index in [1.54, 1.807) is 0 Å². The van der Waals surface area contributed by atoms with Crippen molar-refractivity contribution in [2.24, 2.45) is 0 Å². The fraction of sp³-hybridized carbons (Fsp3) is 0.357. The average Bonchev–Trinajstić information content (AvgIpc) is 2.34. The van der Waals surface area contributed by atoms with Gasteiger partial charge in [0, 0.05) is 5.92 Å². The Bertz CT molecular complexity index is 404. The molecule has 1 aromatic carbocycles. The Balaban J connectivity index is 3.11. The molecule has 0 amide bonds. The van der Waals surface area contributed by atoms with Gasteiger partial charge in [0.05, 0.1) is 12.2 Å². The van der Waals surface area contributed by atoms with Crippen LogP contribution in [0.3, 0.4) is 0 Å². The molecule has 0 saturated carbocycles. The first kappa shape index (κ1) is 12.3. The Morgan fingerprint density at radius 1 is 1.56 bits per heavy atom. The standard InChI is InChI=1S/C14H17NO/c1-4-9-16-14-8-6-7-12(11(3)5-2)13(14)10-15/h5-8,11H,2,4,9H2,1,3H3. The molecule has 16 heavy (non-hydrogen) atoms. The molecule has 1 aromatic rings. The van der Waals surface area contributed by atoms with Gasteiger partial charge in [-0.3, -0.25) is 0 Å². The minimum atomic E-state index is 0.167. The van der Waals surface area contributed by atoms with Crippen LogP contribution in [0.1, 0.15) is 37.3 Å². The minimum Gasteiger partial charge on any atom is -0.492 e. The van der Waals surface area contributed by atoms with E-state index >= 15 is 0 Å². The number of benzene rings is 1. The molecule has 0 N–H and O–H groups in total. The van der Waals surface area contributed by atoms with E-state index in [2.05, 4.69) is 12.6 Å². The highest BCUT2D eigenvalue weighted by molar-refractivity contribution is 5.50. The van der Waals surface area contributed by atoms with Crippen molar-refractivity contribution in [3.05, 3.63) is 42.0 Å². The van der Waals surface area contributed by atoms with Crippen molar-refractivity contribution in [2.75, 3.05) is 6.61 Å². The van der Waals surface area contributed by atoms with Gasteiger partial charge in [0.15, 0.2) is 0 Å². The molecule has 0 bridgehead atoms. The zero-order valence-corrected chi connectivity index (χ0v) is 9.86. The lowest BCUT2D eigenvalue weighted by molar-refractivity contribution is 0.316. The highest BCUT2D eigenvalue weighted by Gasteiger charge is 2.12. The molecule has 1 rings (SSSR count). The summed E-state index contributed by atoms with van der Waals surface area (Å²) in [6, 6.07) is 7.92. The normalized spacial score (nSPS) is 11.6. The first-order valence-corrected chi connectivity index (χ1v) is 5.53. The molecule has 0 fully saturated rings. The number of hydrogen-bond donors (Lipinski definition) is 0. The fourth-order valence-corrected chi connectivity index (χ4v) is 1.51. The third-order valence-electron chi connectivity index (χ3n) is 2.48. The maximum Gasteiger partial charge on any atom is 0.137 e. The second-order valence-corrected chi connectivity index (χ2v) is 3.71. The predicted molar refractivity (Wildman–Crippen MR) is 65.6 cm³/mol. The summed E-state index contributed by atoms with van der Waals surface area (Å²) in [5.41, 5.74) is 1.61. The van der Waals surface area contributed by atoms with Crippen LogP contribution in [-0.2, 0) is 0 Å². The van der Waals surface area contributed by atoms with Gasteiger partial charge in [-0.05, 0) is 18.1 Å². The number of allylic oxidation sites excluding steroid dienone is 1. The summed E-state index contributed by atoms with van der Waals surface area (Å²) in [5.74, 6) is 0.843. The number of ether oxygens (including phenoxy) is 1. The summed E-state index contributed by atoms with van der Waals surface area (Å²) in [5, 5.41) is 9.18. The smallest absolute Gasteiger partial charge is 0.137 e. The molecule has 0 heterocycles. The summed E-state index contributed by atoms with van der Waals surface area (Å²) in [7, 11) is 0. The Kier molecular flexibility index (Phi) is 4.60. The summed E-state index contributed by atoms with van der Waals surface area (Å²) in [4.78, 5) is 0. The Morgan fingerprint density at radius 2 is 2.31 bits per heavy atom. The predicted octanol–water partition coefficient (Wildman–Crippen LogP) is 3.64. The van der Waals surface area contributed by atoms with E-state index in [1.807, 2.05) is 38.1 Å². The van der Waals surface area contributed by atoms with Crippen molar-refractivity contribution in [3.63, 3.8) is 0 Å². The molecule has 1 unspecified atom stereocenters. The van der Waals surface area contributed by atoms with E-state index in [0.29, 0.717) is 17.9 Å². The molecule has 1 atom stereocenters. The van der Waals surface area contributed by atoms with E-state index in [9.17, 15) is 5.26 Å². The third kappa shape index (κ3) is 2.64. The van der Waals surface area contributed by atoms with Gasteiger partial charge in [0.2, 0.25) is 0 Å². The van der Waals surface area contributed by atoms with Crippen LogP contribution < -0.4 is 4.74 Å². The quantitative estimate of drug-likeness (QED) is 0.702. The topological polar surface area (TPSA) is 33.0 Å². The molecule has 0 radical (unpaired) electrons. The van der Waals surface area contributed by atoms with E-state index in [1.165, 1.54) is 0 Å². The molecule has 0 spiro atoms. The molecular weight excluding hydrogens is 198 g/mol. The van der Waals surface area contributed by atoms with E-state index in [0.717, 1.165) is 12.0 Å². The lowest BCUT2D eigenvalue weighted by Gasteiger charge is -2.13. The Labute approximate surface area is 97.2 Å². The maximum atomic E-state index is 9.18. The summed E-state index contributed by atoms with van der Waals surface area (Å²) in [6.07, 6.45) is 2.77. The van der Waals surface area contributed by atoms with Crippen LogP contribution in [0.4, 0.5) is 0 Å². The van der Waals surface area contributed by atoms with Crippen molar-refractivity contribution < 1.29 is 4.74 Å². The highest BCUT2D eigenvalue weighted by Crippen LogP contribution is 2.27. The largest absolute Gasteiger partial charge is 0.492 e. The lowest BCUT2D eigenvalue weighted by atomic mass is 9.96. The van der Waals surface area contributed by atoms with Gasteiger partial charge in [0.25, 0.3) is 0 Å². The molecule has 84 valence electrons. The molecule has 0 saturated heterocycles. The zero-order valence-electron chi connectivity index (χ0n) is 9.86. The summed E-state index contributed by atoms with van der Waals surface area (Å²) < 4.78 is 5.56. The van der Waals surface area contributed by atoms with Crippen LogP contribution in [0.15, 0.2) is 30.9 Å². The van der Waals surface area contributed by atoms with Crippen molar-refractivity contribution in [2.45, 2.75) is 26.2 Å². The van der Waals surface area contributed by atoms with Crippen molar-refractivity contribution in [1.82, 2.24) is 0 Å². The average molecular weight is 215 g/mol. The number of nitrogens with zero attached hydrogens (tertiary/aromatic N) is 1. The minimum absolute atomic E-state index is 0.167. The number of hydrogen-bond acceptors (Lipinski definition) is 2. The molecule has 2 nitrogen and oxygen atoms in total. The fourth-order valence-electron chi connectivity index (χ4n) is 1.51. The summed E-state index contributed by atoms with van der Waals surface area (Å²) >= 11 is 0. The second kappa shape index (κ2) is 5.97. The molecule has 0 aliphatic heterocycles. The maximum absolute atomic E-state index is 9.18. The van der Waals surface area contributed by atoms with Gasteiger partial charge in [-0.15, -0.1) is 6.58 Å². The van der Waals surface area contributed by atoms with E-state index < -0.39 is 0 Å². The summed E-state index contributed by atoms with van der Waals surface area (Å²) in [6.45, 7) is 8.46. The van der Waals surface area contributed by atoms with Crippen molar-refractivity contribution >= 4 is 0 Å². The third-order valence-corrected chi connectivity index (χ3v) is 2.48. The van der Waals surface area contributed by atoms with Crippen molar-refractivity contribution in [1.29, 1.82) is 5.26 Å². The van der Waals surface area contributed by atoms with Gasteiger partial charge in [0.1, 0.15) is 11.8 Å². The van der Waals surface area contributed by atoms with Crippen LogP contribution in [0.25, 0.3) is 0 Å². The van der Waals surface area contributed by atoms with Crippen LogP contribution in [-0.4, -0.2) is 6.61 Å². The Hall–Kier alpha value is -1.75. The van der Waals surface area contributed by atoms with Crippen LogP contribution >= 0.6 is 0 Å². The molecular formula is C14H17NO. The van der Waals surface area contributed by atoms with Gasteiger partial charge in [-0.25, -0.2) is 0 Å². The van der Waals surface area contributed by atoms with Crippen LogP contribution in [0, 0.1) is 11.3 Å². The van der Waals surface area contributed by atoms with Gasteiger partial charge in [-0.1, -0.05) is 32.1 Å². The number of rotatable bonds is 5. The second-order valence-electron chi connectivity index (χ2n) is 3.71.